The standard InChI is InChI=1S/C22H37N5O4.HI/c1-26(2)21(28)17-25-22(23-9-4-11-27-12-15-30-16-13-27)24-10-14-31-18-19-5-7-20(29-3)8-6-19;/h5-8H,4,9-18H2,1-3H3,(H2,23,24,25);1H. The number of morpholine rings is 1. The van der Waals surface area contributed by atoms with Gasteiger partial charge in [0.1, 0.15) is 12.3 Å². The Hall–Kier alpha value is -1.63. The Bertz CT molecular complexity index is 667. The largest absolute Gasteiger partial charge is 0.497 e. The van der Waals surface area contributed by atoms with E-state index in [1.165, 1.54) is 4.90 Å². The minimum atomic E-state index is -0.0369. The van der Waals surface area contributed by atoms with Crippen LogP contribution in [0.15, 0.2) is 29.3 Å². The van der Waals surface area contributed by atoms with Crippen LogP contribution in [0.5, 0.6) is 5.75 Å². The molecule has 2 N–H and O–H groups in total. The van der Waals surface area contributed by atoms with Gasteiger partial charge in [0.15, 0.2) is 5.96 Å². The molecule has 182 valence electrons. The molecule has 9 nitrogen and oxygen atoms in total. The van der Waals surface area contributed by atoms with Gasteiger partial charge >= 0.3 is 0 Å². The molecule has 1 aromatic rings. The van der Waals surface area contributed by atoms with Crippen molar-refractivity contribution >= 4 is 35.8 Å². The van der Waals surface area contributed by atoms with E-state index in [2.05, 4.69) is 20.5 Å². The maximum absolute atomic E-state index is 11.9. The van der Waals surface area contributed by atoms with Gasteiger partial charge in [0.05, 0.1) is 33.5 Å². The van der Waals surface area contributed by atoms with E-state index in [1.54, 1.807) is 21.2 Å². The second kappa shape index (κ2) is 16.9. The maximum atomic E-state index is 11.9. The fourth-order valence-electron chi connectivity index (χ4n) is 2.95. The zero-order valence-corrected chi connectivity index (χ0v) is 21.8. The number of guanidine groups is 1. The van der Waals surface area contributed by atoms with Gasteiger partial charge in [-0.1, -0.05) is 12.1 Å². The van der Waals surface area contributed by atoms with Gasteiger partial charge in [-0.25, -0.2) is 4.99 Å². The van der Waals surface area contributed by atoms with E-state index < -0.39 is 0 Å². The summed E-state index contributed by atoms with van der Waals surface area (Å²) >= 11 is 0. The molecule has 1 saturated heterocycles. The molecule has 10 heteroatoms. The number of aliphatic imine (C=N–C) groups is 1. The lowest BCUT2D eigenvalue weighted by Gasteiger charge is -2.26. The number of hydrogen-bond donors (Lipinski definition) is 2. The number of rotatable bonds is 12. The van der Waals surface area contributed by atoms with Crippen LogP contribution in [-0.4, -0.2) is 102 Å². The Kier molecular flexibility index (Phi) is 15.0. The quantitative estimate of drug-likeness (QED) is 0.171. The van der Waals surface area contributed by atoms with E-state index in [0.29, 0.717) is 25.7 Å². The Morgan fingerprint density at radius 1 is 1.16 bits per heavy atom. The molecule has 2 rings (SSSR count). The SMILES string of the molecule is COc1ccc(COCCNC(=NCC(=O)N(C)C)NCCCN2CCOCC2)cc1.I. The number of carbonyl (C=O) groups excluding carboxylic acids is 1. The smallest absolute Gasteiger partial charge is 0.243 e. The van der Waals surface area contributed by atoms with Gasteiger partial charge in [0, 0.05) is 40.3 Å². The Morgan fingerprint density at radius 2 is 1.84 bits per heavy atom. The number of benzene rings is 1. The van der Waals surface area contributed by atoms with Crippen molar-refractivity contribution in [2.24, 2.45) is 4.99 Å². The van der Waals surface area contributed by atoms with E-state index in [0.717, 1.165) is 57.1 Å². The number of nitrogens with zero attached hydrogens (tertiary/aromatic N) is 3. The normalized spacial score (nSPS) is 14.4. The number of halogens is 1. The third-order valence-electron chi connectivity index (χ3n) is 4.89. The number of likely N-dealkylation sites (N-methyl/N-ethyl adjacent to an activating group) is 1. The molecule has 1 aliphatic rings. The van der Waals surface area contributed by atoms with Crippen LogP contribution in [-0.2, 0) is 20.9 Å². The van der Waals surface area contributed by atoms with Gasteiger partial charge in [-0.3, -0.25) is 9.69 Å². The lowest BCUT2D eigenvalue weighted by atomic mass is 10.2. The van der Waals surface area contributed by atoms with Crippen LogP contribution in [0.4, 0.5) is 0 Å². The first-order valence-corrected chi connectivity index (χ1v) is 10.8. The molecule has 0 aromatic heterocycles. The number of ether oxygens (including phenoxy) is 3. The summed E-state index contributed by atoms with van der Waals surface area (Å²) in [5, 5.41) is 6.56. The first kappa shape index (κ1) is 28.4. The summed E-state index contributed by atoms with van der Waals surface area (Å²) in [6, 6.07) is 7.82. The summed E-state index contributed by atoms with van der Waals surface area (Å²) in [6.45, 7) is 7.17. The van der Waals surface area contributed by atoms with Crippen molar-refractivity contribution in [2.45, 2.75) is 13.0 Å². The van der Waals surface area contributed by atoms with Gasteiger partial charge in [0.2, 0.25) is 5.91 Å². The molecular formula is C22H38IN5O4. The average molecular weight is 563 g/mol. The Labute approximate surface area is 208 Å². The van der Waals surface area contributed by atoms with Crippen molar-refractivity contribution in [1.82, 2.24) is 20.4 Å². The lowest BCUT2D eigenvalue weighted by molar-refractivity contribution is -0.127. The van der Waals surface area contributed by atoms with E-state index in [1.807, 2.05) is 24.3 Å². The fourth-order valence-corrected chi connectivity index (χ4v) is 2.95. The summed E-state index contributed by atoms with van der Waals surface area (Å²) in [7, 11) is 5.11. The van der Waals surface area contributed by atoms with E-state index in [-0.39, 0.29) is 36.4 Å². The van der Waals surface area contributed by atoms with Crippen molar-refractivity contribution in [3.63, 3.8) is 0 Å². The van der Waals surface area contributed by atoms with Crippen LogP contribution >= 0.6 is 24.0 Å². The molecule has 1 aliphatic heterocycles. The van der Waals surface area contributed by atoms with Crippen LogP contribution in [0.2, 0.25) is 0 Å². The molecule has 0 spiro atoms. The van der Waals surface area contributed by atoms with Crippen molar-refractivity contribution < 1.29 is 19.0 Å². The van der Waals surface area contributed by atoms with Crippen molar-refractivity contribution in [3.05, 3.63) is 29.8 Å². The van der Waals surface area contributed by atoms with E-state index in [4.69, 9.17) is 14.2 Å². The van der Waals surface area contributed by atoms with Crippen molar-refractivity contribution in [1.29, 1.82) is 0 Å². The molecule has 0 atom stereocenters. The fraction of sp³-hybridized carbons (Fsp3) is 0.636. The molecule has 32 heavy (non-hydrogen) atoms. The molecule has 1 fully saturated rings. The molecule has 0 unspecified atom stereocenters. The number of hydrogen-bond acceptors (Lipinski definition) is 6. The number of carbonyl (C=O) groups is 1. The third kappa shape index (κ3) is 11.8. The molecule has 0 aliphatic carbocycles. The highest BCUT2D eigenvalue weighted by molar-refractivity contribution is 14.0. The molecule has 1 aromatic carbocycles. The monoisotopic (exact) mass is 563 g/mol. The van der Waals surface area contributed by atoms with E-state index >= 15 is 0 Å². The van der Waals surface area contributed by atoms with Crippen LogP contribution in [0.25, 0.3) is 0 Å². The summed E-state index contributed by atoms with van der Waals surface area (Å²) in [6.07, 6.45) is 0.996. The van der Waals surface area contributed by atoms with Gasteiger partial charge in [-0.05, 0) is 30.7 Å². The maximum Gasteiger partial charge on any atom is 0.243 e. The zero-order valence-electron chi connectivity index (χ0n) is 19.5. The van der Waals surface area contributed by atoms with Gasteiger partial charge in [-0.2, -0.15) is 0 Å². The van der Waals surface area contributed by atoms with Crippen LogP contribution in [0, 0.1) is 0 Å². The third-order valence-corrected chi connectivity index (χ3v) is 4.89. The highest BCUT2D eigenvalue weighted by Crippen LogP contribution is 2.11. The molecule has 1 amide bonds. The Morgan fingerprint density at radius 3 is 2.50 bits per heavy atom. The highest BCUT2D eigenvalue weighted by Gasteiger charge is 2.09. The molecular weight excluding hydrogens is 525 g/mol. The van der Waals surface area contributed by atoms with Gasteiger partial charge in [0.25, 0.3) is 0 Å². The predicted octanol–water partition coefficient (Wildman–Crippen LogP) is 1.18. The number of amides is 1. The van der Waals surface area contributed by atoms with Crippen molar-refractivity contribution in [2.75, 3.05) is 80.3 Å². The second-order valence-corrected chi connectivity index (χ2v) is 7.51. The van der Waals surface area contributed by atoms with Crippen molar-refractivity contribution in [3.8, 4) is 5.75 Å². The zero-order chi connectivity index (χ0) is 22.3. The highest BCUT2D eigenvalue weighted by atomic mass is 127. The van der Waals surface area contributed by atoms with Crippen LogP contribution in [0.1, 0.15) is 12.0 Å². The molecule has 0 bridgehead atoms. The molecule has 0 radical (unpaired) electrons. The minimum Gasteiger partial charge on any atom is -0.497 e. The summed E-state index contributed by atoms with van der Waals surface area (Å²) in [5.74, 6) is 1.42. The van der Waals surface area contributed by atoms with Gasteiger partial charge < -0.3 is 29.7 Å². The first-order valence-electron chi connectivity index (χ1n) is 10.8. The lowest BCUT2D eigenvalue weighted by Crippen LogP contribution is -2.42. The number of methoxy groups -OCH3 is 1. The second-order valence-electron chi connectivity index (χ2n) is 7.51. The van der Waals surface area contributed by atoms with Crippen LogP contribution in [0.3, 0.4) is 0 Å². The topological polar surface area (TPSA) is 87.7 Å². The first-order chi connectivity index (χ1) is 15.1. The number of nitrogens with one attached hydrogen (secondary N) is 2. The predicted molar refractivity (Wildman–Crippen MR) is 137 cm³/mol. The summed E-state index contributed by atoms with van der Waals surface area (Å²) in [5.41, 5.74) is 1.09. The average Bonchev–Trinajstić information content (AvgIpc) is 2.80. The van der Waals surface area contributed by atoms with Gasteiger partial charge in [-0.15, -0.1) is 24.0 Å². The molecule has 1 heterocycles. The minimum absolute atomic E-state index is 0. The van der Waals surface area contributed by atoms with Crippen LogP contribution < -0.4 is 15.4 Å². The summed E-state index contributed by atoms with van der Waals surface area (Å²) in [4.78, 5) is 20.2. The molecule has 0 saturated carbocycles. The Balaban J connectivity index is 0.00000512. The summed E-state index contributed by atoms with van der Waals surface area (Å²) < 4.78 is 16.3. The van der Waals surface area contributed by atoms with E-state index in [9.17, 15) is 4.79 Å².